The topological polar surface area (TPSA) is 82.9 Å². The lowest BCUT2D eigenvalue weighted by molar-refractivity contribution is 0.0952. The van der Waals surface area contributed by atoms with E-state index in [1.54, 1.807) is 18.2 Å². The van der Waals surface area contributed by atoms with Crippen molar-refractivity contribution >= 4 is 32.6 Å². The lowest BCUT2D eigenvalue weighted by atomic mass is 10.0. The summed E-state index contributed by atoms with van der Waals surface area (Å²) in [5.41, 5.74) is 2.80. The summed E-state index contributed by atoms with van der Waals surface area (Å²) in [5, 5.41) is 3.55. The quantitative estimate of drug-likeness (QED) is 0.591. The number of amides is 1. The number of nitrogens with one attached hydrogen (secondary N) is 1. The lowest BCUT2D eigenvalue weighted by Crippen LogP contribution is -2.31. The van der Waals surface area contributed by atoms with Crippen LogP contribution in [0.5, 0.6) is 0 Å². The number of likely N-dealkylation sites (N-methyl/N-ethyl adjacent to an activating group) is 1. The van der Waals surface area contributed by atoms with Gasteiger partial charge in [0.05, 0.1) is 17.5 Å². The van der Waals surface area contributed by atoms with Crippen molar-refractivity contribution < 1.29 is 22.0 Å². The van der Waals surface area contributed by atoms with Crippen LogP contribution in [0.15, 0.2) is 40.8 Å². The third-order valence-electron chi connectivity index (χ3n) is 5.79. The number of sulfonamides is 1. The molecule has 0 fully saturated rings. The van der Waals surface area contributed by atoms with E-state index in [-0.39, 0.29) is 11.7 Å². The molecular formula is C24H28FN3O4S. The van der Waals surface area contributed by atoms with Gasteiger partial charge < -0.3 is 14.6 Å². The van der Waals surface area contributed by atoms with E-state index >= 15 is 0 Å². The Morgan fingerprint density at radius 2 is 1.91 bits per heavy atom. The Balaban J connectivity index is 1.88. The molecule has 1 aliphatic rings. The van der Waals surface area contributed by atoms with Crippen LogP contribution in [-0.2, 0) is 16.4 Å². The molecule has 0 unspecified atom stereocenters. The van der Waals surface area contributed by atoms with Crippen LogP contribution in [0.1, 0.15) is 28.8 Å². The Hall–Kier alpha value is -2.91. The van der Waals surface area contributed by atoms with Crippen LogP contribution < -0.4 is 9.62 Å². The second-order valence-electron chi connectivity index (χ2n) is 8.64. The molecule has 1 aliphatic heterocycles. The van der Waals surface area contributed by atoms with Crippen LogP contribution in [-0.4, -0.2) is 59.2 Å². The molecule has 33 heavy (non-hydrogen) atoms. The highest BCUT2D eigenvalue weighted by Crippen LogP contribution is 2.39. The van der Waals surface area contributed by atoms with Gasteiger partial charge in [-0.1, -0.05) is 0 Å². The van der Waals surface area contributed by atoms with Crippen molar-refractivity contribution in [3.05, 3.63) is 53.3 Å². The standard InChI is InChI=1S/C24H28FN3O4S/c1-27(2)13-11-26-24(29)22-19-14-17-6-4-5-12-28(33(3,30)31)20(17)15-21(19)32-23(22)16-7-9-18(25)10-8-16/h7-10,14-15H,4-6,11-13H2,1-3H3,(H,26,29). The van der Waals surface area contributed by atoms with E-state index in [1.165, 1.54) is 22.7 Å². The number of aryl methyl sites for hydroxylation is 1. The number of fused-ring (bicyclic) bond motifs is 2. The van der Waals surface area contributed by atoms with Crippen molar-refractivity contribution in [2.45, 2.75) is 19.3 Å². The number of hydrogen-bond acceptors (Lipinski definition) is 5. The molecule has 0 spiro atoms. The number of carbonyl (C=O) groups is 1. The zero-order valence-electron chi connectivity index (χ0n) is 19.0. The first-order valence-electron chi connectivity index (χ1n) is 10.9. The van der Waals surface area contributed by atoms with Gasteiger partial charge in [0.25, 0.3) is 5.91 Å². The van der Waals surface area contributed by atoms with Crippen LogP contribution in [0, 0.1) is 5.82 Å². The van der Waals surface area contributed by atoms with E-state index in [4.69, 9.17) is 4.42 Å². The maximum Gasteiger partial charge on any atom is 0.255 e. The fourth-order valence-corrected chi connectivity index (χ4v) is 5.14. The van der Waals surface area contributed by atoms with Crippen molar-refractivity contribution in [3.8, 4) is 11.3 Å². The number of carbonyl (C=O) groups excluding carboxylic acids is 1. The predicted octanol–water partition coefficient (Wildman–Crippen LogP) is 3.63. The fourth-order valence-electron chi connectivity index (χ4n) is 4.16. The molecule has 9 heteroatoms. The highest BCUT2D eigenvalue weighted by Gasteiger charge is 2.28. The summed E-state index contributed by atoms with van der Waals surface area (Å²) in [5.74, 6) is -0.343. The van der Waals surface area contributed by atoms with Gasteiger partial charge in [0, 0.05) is 36.7 Å². The first kappa shape index (κ1) is 23.3. The number of furan rings is 1. The molecule has 1 aromatic heterocycles. The van der Waals surface area contributed by atoms with Gasteiger partial charge >= 0.3 is 0 Å². The van der Waals surface area contributed by atoms with Crippen LogP contribution in [0.3, 0.4) is 0 Å². The van der Waals surface area contributed by atoms with Crippen molar-refractivity contribution in [1.82, 2.24) is 10.2 Å². The van der Waals surface area contributed by atoms with Gasteiger partial charge in [-0.3, -0.25) is 9.10 Å². The lowest BCUT2D eigenvalue weighted by Gasteiger charge is -2.22. The van der Waals surface area contributed by atoms with Crippen molar-refractivity contribution in [2.75, 3.05) is 44.3 Å². The predicted molar refractivity (Wildman–Crippen MR) is 128 cm³/mol. The van der Waals surface area contributed by atoms with Crippen LogP contribution >= 0.6 is 0 Å². The summed E-state index contributed by atoms with van der Waals surface area (Å²) >= 11 is 0. The summed E-state index contributed by atoms with van der Waals surface area (Å²) < 4.78 is 45.9. The maximum atomic E-state index is 13.5. The summed E-state index contributed by atoms with van der Waals surface area (Å²) in [6.45, 7) is 1.53. The first-order valence-corrected chi connectivity index (χ1v) is 12.8. The van der Waals surface area contributed by atoms with Crippen LogP contribution in [0.4, 0.5) is 10.1 Å². The van der Waals surface area contributed by atoms with E-state index in [1.807, 2.05) is 25.1 Å². The number of benzene rings is 2. The molecule has 1 N–H and O–H groups in total. The van der Waals surface area contributed by atoms with Crippen molar-refractivity contribution in [1.29, 1.82) is 0 Å². The second-order valence-corrected chi connectivity index (χ2v) is 10.5. The fraction of sp³-hybridized carbons (Fsp3) is 0.375. The largest absolute Gasteiger partial charge is 0.455 e. The van der Waals surface area contributed by atoms with Gasteiger partial charge in [0.2, 0.25) is 10.0 Å². The van der Waals surface area contributed by atoms with Crippen molar-refractivity contribution in [3.63, 3.8) is 0 Å². The van der Waals surface area contributed by atoms with E-state index in [9.17, 15) is 17.6 Å². The van der Waals surface area contributed by atoms with E-state index < -0.39 is 10.0 Å². The first-order chi connectivity index (χ1) is 15.6. The average molecular weight is 474 g/mol. The van der Waals surface area contributed by atoms with Gasteiger partial charge in [-0.2, -0.15) is 0 Å². The highest BCUT2D eigenvalue weighted by molar-refractivity contribution is 7.92. The third-order valence-corrected chi connectivity index (χ3v) is 6.97. The second kappa shape index (κ2) is 9.15. The number of rotatable bonds is 6. The summed E-state index contributed by atoms with van der Waals surface area (Å²) in [4.78, 5) is 15.2. The van der Waals surface area contributed by atoms with E-state index in [2.05, 4.69) is 5.32 Å². The Kier molecular flexibility index (Phi) is 6.45. The van der Waals surface area contributed by atoms with Crippen LogP contribution in [0.2, 0.25) is 0 Å². The minimum atomic E-state index is -3.46. The SMILES string of the molecule is CN(C)CCNC(=O)c1c(-c2ccc(F)cc2)oc2cc3c(cc12)CCCCN3S(C)(=O)=O. The zero-order valence-corrected chi connectivity index (χ0v) is 19.8. The zero-order chi connectivity index (χ0) is 23.8. The summed E-state index contributed by atoms with van der Waals surface area (Å²) in [7, 11) is 0.384. The summed E-state index contributed by atoms with van der Waals surface area (Å²) in [6, 6.07) is 9.34. The molecule has 0 atom stereocenters. The van der Waals surface area contributed by atoms with Gasteiger partial charge in [0.15, 0.2) is 0 Å². The molecule has 0 saturated heterocycles. The molecule has 7 nitrogen and oxygen atoms in total. The molecule has 176 valence electrons. The summed E-state index contributed by atoms with van der Waals surface area (Å²) in [6.07, 6.45) is 3.50. The Bertz CT molecular complexity index is 1280. The third kappa shape index (κ3) is 4.89. The number of hydrogen-bond donors (Lipinski definition) is 1. The Labute approximate surface area is 193 Å². The minimum Gasteiger partial charge on any atom is -0.455 e. The minimum absolute atomic E-state index is 0.288. The molecular weight excluding hydrogens is 445 g/mol. The van der Waals surface area contributed by atoms with Gasteiger partial charge in [-0.25, -0.2) is 12.8 Å². The average Bonchev–Trinajstić information content (AvgIpc) is 2.96. The molecule has 0 saturated carbocycles. The Morgan fingerprint density at radius 3 is 2.58 bits per heavy atom. The monoisotopic (exact) mass is 473 g/mol. The molecule has 2 heterocycles. The van der Waals surface area contributed by atoms with E-state index in [0.717, 1.165) is 18.4 Å². The molecule has 3 aromatic rings. The van der Waals surface area contributed by atoms with Gasteiger partial charge in [0.1, 0.15) is 17.2 Å². The maximum absolute atomic E-state index is 13.5. The molecule has 0 radical (unpaired) electrons. The molecule has 0 bridgehead atoms. The van der Waals surface area contributed by atoms with Gasteiger partial charge in [-0.05, 0) is 69.3 Å². The number of anilines is 1. The normalized spacial score (nSPS) is 14.4. The highest BCUT2D eigenvalue weighted by atomic mass is 32.2. The number of halogens is 1. The van der Waals surface area contributed by atoms with Gasteiger partial charge in [-0.15, -0.1) is 0 Å². The Morgan fingerprint density at radius 1 is 1.18 bits per heavy atom. The number of nitrogens with zero attached hydrogens (tertiary/aromatic N) is 2. The molecule has 4 rings (SSSR count). The molecule has 0 aliphatic carbocycles. The molecule has 1 amide bonds. The van der Waals surface area contributed by atoms with Crippen molar-refractivity contribution in [2.24, 2.45) is 0 Å². The van der Waals surface area contributed by atoms with E-state index in [0.29, 0.717) is 59.6 Å². The smallest absolute Gasteiger partial charge is 0.255 e. The molecule has 2 aromatic carbocycles. The van der Waals surface area contributed by atoms with Crippen LogP contribution in [0.25, 0.3) is 22.3 Å².